The van der Waals surface area contributed by atoms with Crippen molar-refractivity contribution in [3.8, 4) is 0 Å². The van der Waals surface area contributed by atoms with Crippen LogP contribution in [0.15, 0.2) is 0 Å². The molecule has 2 unspecified atom stereocenters. The Balaban J connectivity index is 1.74. The quantitative estimate of drug-likeness (QED) is 0.656. The van der Waals surface area contributed by atoms with Gasteiger partial charge >= 0.3 is 0 Å². The maximum Gasteiger partial charge on any atom is 0.0379 e. The Kier molecular flexibility index (Phi) is 3.61. The zero-order valence-corrected chi connectivity index (χ0v) is 10.2. The molecular weight excluding hydrogens is 188 g/mol. The van der Waals surface area contributed by atoms with Gasteiger partial charge in [0.05, 0.1) is 0 Å². The summed E-state index contributed by atoms with van der Waals surface area (Å²) >= 11 is 0. The third kappa shape index (κ3) is 2.91. The van der Waals surface area contributed by atoms with Crippen LogP contribution in [0.25, 0.3) is 0 Å². The van der Waals surface area contributed by atoms with Gasteiger partial charge in [-0.3, -0.25) is 5.43 Å². The molecule has 0 saturated carbocycles. The fraction of sp³-hybridized carbons (Fsp3) is 1.00. The highest BCUT2D eigenvalue weighted by Crippen LogP contribution is 2.13. The van der Waals surface area contributed by atoms with Crippen molar-refractivity contribution in [2.24, 2.45) is 0 Å². The Labute approximate surface area is 93.2 Å². The van der Waals surface area contributed by atoms with Crippen LogP contribution in [0, 0.1) is 0 Å². The van der Waals surface area contributed by atoms with Crippen LogP contribution < -0.4 is 5.43 Å². The topological polar surface area (TPSA) is 21.8 Å². The van der Waals surface area contributed by atoms with E-state index in [4.69, 9.17) is 0 Å². The summed E-state index contributed by atoms with van der Waals surface area (Å²) in [7, 11) is 6.60. The van der Waals surface area contributed by atoms with Gasteiger partial charge in [-0.2, -0.15) is 0 Å². The van der Waals surface area contributed by atoms with Gasteiger partial charge in [0, 0.05) is 32.2 Å². The van der Waals surface area contributed by atoms with Crippen LogP contribution in [0.1, 0.15) is 12.8 Å². The monoisotopic (exact) mass is 212 g/mol. The average molecular weight is 212 g/mol. The Morgan fingerprint density at radius 2 is 1.73 bits per heavy atom. The van der Waals surface area contributed by atoms with E-state index >= 15 is 0 Å². The lowest BCUT2D eigenvalue weighted by atomic mass is 10.2. The van der Waals surface area contributed by atoms with E-state index in [2.05, 4.69) is 41.4 Å². The smallest absolute Gasteiger partial charge is 0.0379 e. The van der Waals surface area contributed by atoms with E-state index in [1.54, 1.807) is 0 Å². The highest BCUT2D eigenvalue weighted by molar-refractivity contribution is 4.82. The third-order valence-corrected chi connectivity index (χ3v) is 3.69. The fourth-order valence-electron chi connectivity index (χ4n) is 2.66. The number of hydrogen-bond acceptors (Lipinski definition) is 4. The maximum absolute atomic E-state index is 3.64. The van der Waals surface area contributed by atoms with Crippen molar-refractivity contribution in [1.29, 1.82) is 0 Å². The standard InChI is InChI=1S/C11H24N4/c1-13-6-4-10(8-13)12-15(3)11-5-7-14(2)9-11/h10-12H,4-9H2,1-3H3. The van der Waals surface area contributed by atoms with Crippen LogP contribution in [-0.2, 0) is 0 Å². The molecule has 2 heterocycles. The molecule has 0 aliphatic carbocycles. The lowest BCUT2D eigenvalue weighted by molar-refractivity contribution is 0.140. The highest BCUT2D eigenvalue weighted by atomic mass is 15.5. The molecular formula is C11H24N4. The normalized spacial score (nSPS) is 34.4. The Morgan fingerprint density at radius 3 is 2.27 bits per heavy atom. The van der Waals surface area contributed by atoms with Crippen molar-refractivity contribution in [2.45, 2.75) is 24.9 Å². The summed E-state index contributed by atoms with van der Waals surface area (Å²) in [4.78, 5) is 4.80. The van der Waals surface area contributed by atoms with E-state index in [0.717, 1.165) is 0 Å². The Morgan fingerprint density at radius 1 is 1.07 bits per heavy atom. The highest BCUT2D eigenvalue weighted by Gasteiger charge is 2.26. The molecule has 1 N–H and O–H groups in total. The van der Waals surface area contributed by atoms with Gasteiger partial charge in [-0.25, -0.2) is 5.01 Å². The van der Waals surface area contributed by atoms with E-state index < -0.39 is 0 Å². The molecule has 2 rings (SSSR count). The van der Waals surface area contributed by atoms with E-state index in [1.165, 1.54) is 39.0 Å². The minimum atomic E-state index is 0.658. The van der Waals surface area contributed by atoms with Crippen molar-refractivity contribution in [1.82, 2.24) is 20.2 Å². The van der Waals surface area contributed by atoms with Gasteiger partial charge in [-0.15, -0.1) is 0 Å². The molecule has 2 fully saturated rings. The van der Waals surface area contributed by atoms with Crippen LogP contribution >= 0.6 is 0 Å². The van der Waals surface area contributed by atoms with Crippen LogP contribution in [0.2, 0.25) is 0 Å². The second-order valence-electron chi connectivity index (χ2n) is 5.19. The molecule has 4 heteroatoms. The predicted molar refractivity (Wildman–Crippen MR) is 62.7 cm³/mol. The van der Waals surface area contributed by atoms with Gasteiger partial charge in [0.1, 0.15) is 0 Å². The summed E-state index contributed by atoms with van der Waals surface area (Å²) in [5.41, 5.74) is 3.64. The molecule has 2 aliphatic rings. The summed E-state index contributed by atoms with van der Waals surface area (Å²) in [6.07, 6.45) is 2.58. The first kappa shape index (κ1) is 11.3. The van der Waals surface area contributed by atoms with E-state index in [0.29, 0.717) is 12.1 Å². The first-order valence-corrected chi connectivity index (χ1v) is 6.01. The van der Waals surface area contributed by atoms with Gasteiger partial charge in [0.15, 0.2) is 0 Å². The van der Waals surface area contributed by atoms with Gasteiger partial charge in [0.25, 0.3) is 0 Å². The minimum Gasteiger partial charge on any atom is -0.305 e. The fourth-order valence-corrected chi connectivity index (χ4v) is 2.66. The molecule has 2 saturated heterocycles. The number of likely N-dealkylation sites (tertiary alicyclic amines) is 2. The first-order valence-electron chi connectivity index (χ1n) is 6.01. The molecule has 2 aliphatic heterocycles. The van der Waals surface area contributed by atoms with Gasteiger partial charge in [-0.05, 0) is 40.0 Å². The molecule has 0 radical (unpaired) electrons. The molecule has 0 aromatic carbocycles. The van der Waals surface area contributed by atoms with Crippen molar-refractivity contribution >= 4 is 0 Å². The maximum atomic E-state index is 3.64. The average Bonchev–Trinajstić information content (AvgIpc) is 2.75. The second-order valence-corrected chi connectivity index (χ2v) is 5.19. The number of likely N-dealkylation sites (N-methyl/N-ethyl adjacent to an activating group) is 3. The first-order chi connectivity index (χ1) is 7.15. The summed E-state index contributed by atoms with van der Waals surface area (Å²) in [6, 6.07) is 1.35. The Bertz CT molecular complexity index is 209. The van der Waals surface area contributed by atoms with Crippen LogP contribution in [0.3, 0.4) is 0 Å². The lowest BCUT2D eigenvalue weighted by Gasteiger charge is -2.28. The molecule has 88 valence electrons. The minimum absolute atomic E-state index is 0.658. The third-order valence-electron chi connectivity index (χ3n) is 3.69. The van der Waals surface area contributed by atoms with E-state index in [1.807, 2.05) is 0 Å². The number of rotatable bonds is 3. The van der Waals surface area contributed by atoms with Crippen LogP contribution in [0.5, 0.6) is 0 Å². The molecule has 4 nitrogen and oxygen atoms in total. The van der Waals surface area contributed by atoms with E-state index in [-0.39, 0.29) is 0 Å². The number of hydrazine groups is 1. The van der Waals surface area contributed by atoms with Crippen LogP contribution in [0.4, 0.5) is 0 Å². The lowest BCUT2D eigenvalue weighted by Crippen LogP contribution is -2.49. The Hall–Kier alpha value is -0.160. The summed E-state index contributed by atoms with van der Waals surface area (Å²) < 4.78 is 0. The molecule has 0 spiro atoms. The molecule has 0 aromatic rings. The van der Waals surface area contributed by atoms with Crippen molar-refractivity contribution in [3.63, 3.8) is 0 Å². The van der Waals surface area contributed by atoms with Gasteiger partial charge < -0.3 is 9.80 Å². The zero-order chi connectivity index (χ0) is 10.8. The second kappa shape index (κ2) is 4.78. The number of hydrogen-bond donors (Lipinski definition) is 1. The zero-order valence-electron chi connectivity index (χ0n) is 10.2. The van der Waals surface area contributed by atoms with Crippen molar-refractivity contribution in [3.05, 3.63) is 0 Å². The number of nitrogens with one attached hydrogen (secondary N) is 1. The predicted octanol–water partition coefficient (Wildman–Crippen LogP) is -0.169. The molecule has 0 aromatic heterocycles. The molecule has 15 heavy (non-hydrogen) atoms. The summed E-state index contributed by atoms with van der Waals surface area (Å²) in [6.45, 7) is 4.86. The number of nitrogens with zero attached hydrogens (tertiary/aromatic N) is 3. The summed E-state index contributed by atoms with van der Waals surface area (Å²) in [5.74, 6) is 0. The summed E-state index contributed by atoms with van der Waals surface area (Å²) in [5, 5.41) is 2.34. The van der Waals surface area contributed by atoms with E-state index in [9.17, 15) is 0 Å². The van der Waals surface area contributed by atoms with Gasteiger partial charge in [-0.1, -0.05) is 0 Å². The van der Waals surface area contributed by atoms with Crippen molar-refractivity contribution in [2.75, 3.05) is 47.3 Å². The van der Waals surface area contributed by atoms with Gasteiger partial charge in [0.2, 0.25) is 0 Å². The largest absolute Gasteiger partial charge is 0.305 e. The molecule has 0 bridgehead atoms. The van der Waals surface area contributed by atoms with Crippen molar-refractivity contribution < 1.29 is 0 Å². The molecule has 2 atom stereocenters. The SMILES string of the molecule is CN1CCC(NN(C)C2CCN(C)C2)C1. The molecule has 0 amide bonds. The van der Waals surface area contributed by atoms with Crippen LogP contribution in [-0.4, -0.2) is 74.2 Å².